The van der Waals surface area contributed by atoms with Crippen molar-refractivity contribution in [1.29, 1.82) is 0 Å². The molecule has 2 aromatic heterocycles. The Morgan fingerprint density at radius 2 is 1.06 bits per heavy atom. The zero-order chi connectivity index (χ0) is 33.4. The zero-order valence-electron chi connectivity index (χ0n) is 27.9. The van der Waals surface area contributed by atoms with Crippen LogP contribution in [0.25, 0.3) is 83.3 Å². The van der Waals surface area contributed by atoms with Gasteiger partial charge in [0.05, 0.1) is 16.7 Å². The fourth-order valence-electron chi connectivity index (χ4n) is 8.21. The van der Waals surface area contributed by atoms with Crippen LogP contribution in [0.5, 0.6) is 0 Å². The quantitative estimate of drug-likeness (QED) is 0.192. The first-order chi connectivity index (χ1) is 24.6. The Morgan fingerprint density at radius 1 is 0.460 bits per heavy atom. The van der Waals surface area contributed by atoms with Crippen molar-refractivity contribution in [2.75, 3.05) is 0 Å². The van der Waals surface area contributed by atoms with Crippen LogP contribution in [-0.4, -0.2) is 14.5 Å². The smallest absolute Gasteiger partial charge is 0.162 e. The van der Waals surface area contributed by atoms with Gasteiger partial charge in [-0.1, -0.05) is 147 Å². The van der Waals surface area contributed by atoms with E-state index in [1.54, 1.807) is 0 Å². The number of aromatic nitrogens is 3. The number of benzene rings is 7. The van der Waals surface area contributed by atoms with Crippen LogP contribution in [-0.2, 0) is 5.41 Å². The third-order valence-electron chi connectivity index (χ3n) is 10.6. The molecule has 10 rings (SSSR count). The summed E-state index contributed by atoms with van der Waals surface area (Å²) in [6.07, 6.45) is 0. The van der Waals surface area contributed by atoms with E-state index in [0.717, 1.165) is 39.2 Å². The normalized spacial score (nSPS) is 13.2. The summed E-state index contributed by atoms with van der Waals surface area (Å²) < 4.78 is 2.29. The van der Waals surface area contributed by atoms with Gasteiger partial charge in [-0.05, 0) is 68.4 Å². The molecule has 0 bridgehead atoms. The van der Waals surface area contributed by atoms with E-state index in [-0.39, 0.29) is 5.41 Å². The summed E-state index contributed by atoms with van der Waals surface area (Å²) in [7, 11) is 0. The van der Waals surface area contributed by atoms with Crippen molar-refractivity contribution < 1.29 is 0 Å². The van der Waals surface area contributed by atoms with Gasteiger partial charge < -0.3 is 0 Å². The molecule has 0 unspecified atom stereocenters. The first-order valence-corrected chi connectivity index (χ1v) is 17.3. The van der Waals surface area contributed by atoms with Gasteiger partial charge in [-0.2, -0.15) is 0 Å². The van der Waals surface area contributed by atoms with Gasteiger partial charge in [0.15, 0.2) is 5.82 Å². The Bertz CT molecular complexity index is 2730. The summed E-state index contributed by atoms with van der Waals surface area (Å²) in [5, 5.41) is 4.95. The lowest BCUT2D eigenvalue weighted by atomic mass is 9.81. The molecule has 236 valence electrons. The molecular formula is C47H33N3. The molecule has 0 N–H and O–H groups in total. The van der Waals surface area contributed by atoms with Crippen LogP contribution in [0.3, 0.4) is 0 Å². The third kappa shape index (κ3) is 4.23. The number of fused-ring (bicyclic) bond motifs is 7. The van der Waals surface area contributed by atoms with Crippen LogP contribution in [0.2, 0.25) is 0 Å². The minimum Gasteiger partial charge on any atom is -0.294 e. The maximum atomic E-state index is 5.31. The molecule has 1 aliphatic carbocycles. The predicted octanol–water partition coefficient (Wildman–Crippen LogP) is 12.0. The lowest BCUT2D eigenvalue weighted by molar-refractivity contribution is 0.661. The van der Waals surface area contributed by atoms with Gasteiger partial charge in [0.2, 0.25) is 0 Å². The molecule has 1 aliphatic rings. The number of hydrogen-bond donors (Lipinski definition) is 0. The van der Waals surface area contributed by atoms with Crippen LogP contribution < -0.4 is 0 Å². The van der Waals surface area contributed by atoms with E-state index < -0.39 is 0 Å². The Hall–Kier alpha value is -6.32. The van der Waals surface area contributed by atoms with E-state index in [4.69, 9.17) is 9.97 Å². The highest BCUT2D eigenvalue weighted by Crippen LogP contribution is 2.54. The summed E-state index contributed by atoms with van der Waals surface area (Å²) in [4.78, 5) is 10.6. The minimum absolute atomic E-state index is 0.126. The van der Waals surface area contributed by atoms with E-state index in [9.17, 15) is 0 Å². The topological polar surface area (TPSA) is 30.7 Å². The van der Waals surface area contributed by atoms with E-state index in [2.05, 4.69) is 176 Å². The van der Waals surface area contributed by atoms with E-state index in [0.29, 0.717) is 5.82 Å². The highest BCUT2D eigenvalue weighted by molar-refractivity contribution is 6.09. The van der Waals surface area contributed by atoms with Gasteiger partial charge in [0.1, 0.15) is 5.82 Å². The van der Waals surface area contributed by atoms with Gasteiger partial charge in [-0.15, -0.1) is 0 Å². The second-order valence-corrected chi connectivity index (χ2v) is 13.8. The van der Waals surface area contributed by atoms with Gasteiger partial charge in [-0.3, -0.25) is 4.57 Å². The molecule has 0 saturated carbocycles. The molecule has 0 atom stereocenters. The fourth-order valence-corrected chi connectivity index (χ4v) is 8.21. The molecule has 0 saturated heterocycles. The highest BCUT2D eigenvalue weighted by Gasteiger charge is 2.37. The van der Waals surface area contributed by atoms with Crippen molar-refractivity contribution in [3.8, 4) is 50.7 Å². The Labute approximate surface area is 291 Å². The zero-order valence-corrected chi connectivity index (χ0v) is 27.9. The largest absolute Gasteiger partial charge is 0.294 e. The summed E-state index contributed by atoms with van der Waals surface area (Å²) >= 11 is 0. The summed E-state index contributed by atoms with van der Waals surface area (Å²) in [6.45, 7) is 4.72. The summed E-state index contributed by atoms with van der Waals surface area (Å²) in [5.74, 6) is 1.54. The van der Waals surface area contributed by atoms with Crippen molar-refractivity contribution in [2.24, 2.45) is 0 Å². The molecule has 0 radical (unpaired) electrons. The van der Waals surface area contributed by atoms with E-state index in [1.807, 2.05) is 6.07 Å². The van der Waals surface area contributed by atoms with Gasteiger partial charge in [-0.25, -0.2) is 9.97 Å². The molecule has 0 fully saturated rings. The van der Waals surface area contributed by atoms with Crippen molar-refractivity contribution in [3.63, 3.8) is 0 Å². The number of rotatable bonds is 4. The number of nitrogens with zero attached hydrogens (tertiary/aromatic N) is 3. The van der Waals surface area contributed by atoms with Crippen molar-refractivity contribution >= 4 is 32.6 Å². The van der Waals surface area contributed by atoms with E-state index >= 15 is 0 Å². The van der Waals surface area contributed by atoms with Crippen LogP contribution in [0, 0.1) is 0 Å². The molecule has 2 heterocycles. The maximum Gasteiger partial charge on any atom is 0.162 e. The molecular weight excluding hydrogens is 607 g/mol. The van der Waals surface area contributed by atoms with Gasteiger partial charge >= 0.3 is 0 Å². The van der Waals surface area contributed by atoms with Crippen molar-refractivity contribution in [1.82, 2.24) is 14.5 Å². The first-order valence-electron chi connectivity index (χ1n) is 17.3. The minimum atomic E-state index is -0.126. The average Bonchev–Trinajstić information content (AvgIpc) is 3.62. The van der Waals surface area contributed by atoms with Gasteiger partial charge in [0, 0.05) is 33.4 Å². The molecule has 0 aliphatic heterocycles. The van der Waals surface area contributed by atoms with E-state index in [1.165, 1.54) is 49.4 Å². The van der Waals surface area contributed by atoms with Gasteiger partial charge in [0.25, 0.3) is 0 Å². The van der Waals surface area contributed by atoms with Crippen LogP contribution in [0.1, 0.15) is 25.0 Å². The number of hydrogen-bond acceptors (Lipinski definition) is 2. The lowest BCUT2D eigenvalue weighted by Crippen LogP contribution is -2.14. The second-order valence-electron chi connectivity index (χ2n) is 13.8. The molecule has 9 aromatic rings. The Kier molecular flexibility index (Phi) is 6.22. The third-order valence-corrected chi connectivity index (χ3v) is 10.6. The first kappa shape index (κ1) is 28.7. The van der Waals surface area contributed by atoms with Crippen molar-refractivity contribution in [2.45, 2.75) is 19.3 Å². The second kappa shape index (κ2) is 10.8. The SMILES string of the molecule is CC1(C)c2cc3ccccc3cc2-c2c(-c3ccccc3-c3cc(-n4c5ccccc5c5ccccc54)nc(-c4ccccc4)n3)cccc21. The molecule has 3 heteroatoms. The monoisotopic (exact) mass is 639 g/mol. The number of para-hydroxylation sites is 2. The van der Waals surface area contributed by atoms with Crippen molar-refractivity contribution in [3.05, 3.63) is 175 Å². The standard InChI is InChI=1S/C47H33N3/c1-47(2)39-24-14-23-37(45(39)38-27-31-17-6-7-18-32(31)28-40(38)47)33-19-8-9-20-34(33)41-29-44(49-46(48-41)30-15-4-3-5-16-30)50-42-25-12-10-21-35(42)36-22-11-13-26-43(36)50/h3-29H,1-2H3. The fraction of sp³-hybridized carbons (Fsp3) is 0.0638. The Morgan fingerprint density at radius 3 is 1.80 bits per heavy atom. The molecule has 3 nitrogen and oxygen atoms in total. The Balaban J connectivity index is 1.24. The molecule has 7 aromatic carbocycles. The predicted molar refractivity (Wildman–Crippen MR) is 208 cm³/mol. The summed E-state index contributed by atoms with van der Waals surface area (Å²) in [5.41, 5.74) is 12.8. The summed E-state index contributed by atoms with van der Waals surface area (Å²) in [6, 6.07) is 58.7. The highest BCUT2D eigenvalue weighted by atomic mass is 15.1. The average molecular weight is 640 g/mol. The van der Waals surface area contributed by atoms with Crippen LogP contribution >= 0.6 is 0 Å². The molecule has 0 spiro atoms. The van der Waals surface area contributed by atoms with Crippen LogP contribution in [0.4, 0.5) is 0 Å². The molecule has 0 amide bonds. The molecule has 50 heavy (non-hydrogen) atoms. The lowest BCUT2D eigenvalue weighted by Gasteiger charge is -2.22. The maximum absolute atomic E-state index is 5.31. The van der Waals surface area contributed by atoms with Crippen LogP contribution in [0.15, 0.2) is 164 Å².